The van der Waals surface area contributed by atoms with Crippen molar-refractivity contribution in [3.63, 3.8) is 0 Å². The van der Waals surface area contributed by atoms with Crippen LogP contribution in [0.5, 0.6) is 0 Å². The molecule has 0 radical (unpaired) electrons. The Morgan fingerprint density at radius 1 is 1.08 bits per heavy atom. The van der Waals surface area contributed by atoms with Crippen molar-refractivity contribution in [2.45, 2.75) is 63.1 Å². The Bertz CT molecular complexity index is 611. The largest absolute Gasteiger partial charge is 0.366 e. The smallest absolute Gasteiger partial charge is 0.144 e. The molecule has 0 unspecified atom stereocenters. The van der Waals surface area contributed by atoms with E-state index in [1.807, 2.05) is 0 Å². The highest BCUT2D eigenvalue weighted by Gasteiger charge is 2.55. The van der Waals surface area contributed by atoms with Crippen LogP contribution in [-0.2, 0) is 11.2 Å². The van der Waals surface area contributed by atoms with E-state index in [2.05, 4.69) is 21.7 Å². The van der Waals surface area contributed by atoms with Crippen LogP contribution in [0.2, 0.25) is 0 Å². The number of morpholine rings is 1. The van der Waals surface area contributed by atoms with Crippen molar-refractivity contribution >= 4 is 0 Å². The van der Waals surface area contributed by atoms with Gasteiger partial charge in [0.15, 0.2) is 0 Å². The lowest BCUT2D eigenvalue weighted by molar-refractivity contribution is -0.188. The number of pyridine rings is 1. The predicted octanol–water partition coefficient (Wildman–Crippen LogP) is 3.26. The highest BCUT2D eigenvalue weighted by Crippen LogP contribution is 2.49. The van der Waals surface area contributed by atoms with E-state index in [1.165, 1.54) is 38.3 Å². The summed E-state index contributed by atoms with van der Waals surface area (Å²) in [4.78, 5) is 9.30. The number of hydrogen-bond acceptors (Lipinski definition) is 4. The van der Waals surface area contributed by atoms with Crippen molar-refractivity contribution in [3.8, 4) is 0 Å². The molecule has 1 aliphatic carbocycles. The molecule has 26 heavy (non-hydrogen) atoms. The van der Waals surface area contributed by atoms with Crippen LogP contribution in [0.15, 0.2) is 18.3 Å². The molecule has 2 saturated heterocycles. The molecule has 1 aromatic heterocycles. The standard InChI is InChI=1S/C21H32FN3O/c1-2-3-12-25-16-20(7-8-20)26-21(17-25)9-14-24(15-10-21)13-6-19-18(22)5-4-11-23-19/h4-5,11H,2-3,6-10,12-17H2,1H3. The number of unbranched alkanes of at least 4 members (excludes halogenated alkanes) is 1. The van der Waals surface area contributed by atoms with E-state index in [0.717, 1.165) is 45.6 Å². The van der Waals surface area contributed by atoms with Crippen molar-refractivity contribution in [2.24, 2.45) is 0 Å². The van der Waals surface area contributed by atoms with Gasteiger partial charge in [-0.25, -0.2) is 4.39 Å². The topological polar surface area (TPSA) is 28.6 Å². The third kappa shape index (κ3) is 4.10. The SMILES string of the molecule is CCCCN1CC2(CCN(CCc3ncccc3F)CC2)OC2(CC2)C1. The Morgan fingerprint density at radius 3 is 2.46 bits per heavy atom. The maximum absolute atomic E-state index is 13.8. The number of piperidine rings is 1. The van der Waals surface area contributed by atoms with Crippen LogP contribution in [0.25, 0.3) is 0 Å². The first-order valence-electron chi connectivity index (χ1n) is 10.4. The van der Waals surface area contributed by atoms with Gasteiger partial charge >= 0.3 is 0 Å². The van der Waals surface area contributed by atoms with Crippen LogP contribution in [0.3, 0.4) is 0 Å². The Morgan fingerprint density at radius 2 is 1.81 bits per heavy atom. The van der Waals surface area contributed by atoms with E-state index in [0.29, 0.717) is 12.1 Å². The Hall–Kier alpha value is -1.04. The molecule has 4 nitrogen and oxygen atoms in total. The molecular weight excluding hydrogens is 329 g/mol. The number of ether oxygens (including phenoxy) is 1. The zero-order chi connectivity index (χ0) is 18.0. The van der Waals surface area contributed by atoms with Gasteiger partial charge in [0.25, 0.3) is 0 Å². The van der Waals surface area contributed by atoms with Crippen LogP contribution in [-0.4, -0.2) is 65.3 Å². The fourth-order valence-corrected chi connectivity index (χ4v) is 4.64. The van der Waals surface area contributed by atoms with Gasteiger partial charge in [0.2, 0.25) is 0 Å². The van der Waals surface area contributed by atoms with Crippen molar-refractivity contribution in [1.29, 1.82) is 0 Å². The van der Waals surface area contributed by atoms with Crippen LogP contribution < -0.4 is 0 Å². The fourth-order valence-electron chi connectivity index (χ4n) is 4.64. The van der Waals surface area contributed by atoms with E-state index in [4.69, 9.17) is 4.74 Å². The fraction of sp³-hybridized carbons (Fsp3) is 0.762. The van der Waals surface area contributed by atoms with Gasteiger partial charge in [-0.2, -0.15) is 0 Å². The summed E-state index contributed by atoms with van der Waals surface area (Å²) in [5.41, 5.74) is 0.810. The van der Waals surface area contributed by atoms with Gasteiger partial charge in [0.1, 0.15) is 5.82 Å². The average Bonchev–Trinajstić information content (AvgIpc) is 3.38. The molecule has 0 amide bonds. The zero-order valence-electron chi connectivity index (χ0n) is 16.1. The molecule has 4 rings (SSSR count). The molecular formula is C21H32FN3O. The van der Waals surface area contributed by atoms with Crippen LogP contribution in [0.4, 0.5) is 4.39 Å². The van der Waals surface area contributed by atoms with Gasteiger partial charge in [0.05, 0.1) is 16.9 Å². The molecule has 3 aliphatic rings. The quantitative estimate of drug-likeness (QED) is 0.778. The van der Waals surface area contributed by atoms with Gasteiger partial charge in [-0.1, -0.05) is 13.3 Å². The molecule has 2 spiro atoms. The monoisotopic (exact) mass is 361 g/mol. The first-order valence-corrected chi connectivity index (χ1v) is 10.4. The summed E-state index contributed by atoms with van der Waals surface area (Å²) in [5.74, 6) is -0.182. The molecule has 0 atom stereocenters. The second-order valence-electron chi connectivity index (χ2n) is 8.56. The summed E-state index contributed by atoms with van der Waals surface area (Å²) >= 11 is 0. The number of rotatable bonds is 6. The lowest BCUT2D eigenvalue weighted by atomic mass is 9.88. The Kier molecular flexibility index (Phi) is 5.31. The molecule has 1 aromatic rings. The molecule has 1 saturated carbocycles. The third-order valence-electron chi connectivity index (χ3n) is 6.36. The van der Waals surface area contributed by atoms with Gasteiger partial charge in [0, 0.05) is 45.3 Å². The Balaban J connectivity index is 1.31. The summed E-state index contributed by atoms with van der Waals surface area (Å²) in [5, 5.41) is 0. The maximum atomic E-state index is 13.8. The third-order valence-corrected chi connectivity index (χ3v) is 6.36. The Labute approximate surface area is 156 Å². The first-order chi connectivity index (χ1) is 12.6. The lowest BCUT2D eigenvalue weighted by Crippen LogP contribution is -2.60. The van der Waals surface area contributed by atoms with Crippen molar-refractivity contribution < 1.29 is 9.13 Å². The molecule has 0 aromatic carbocycles. The van der Waals surface area contributed by atoms with E-state index in [1.54, 1.807) is 12.3 Å². The minimum atomic E-state index is -0.182. The van der Waals surface area contributed by atoms with Gasteiger partial charge < -0.3 is 9.64 Å². The van der Waals surface area contributed by atoms with Gasteiger partial charge in [-0.05, 0) is 50.8 Å². The number of hydrogen-bond donors (Lipinski definition) is 0. The van der Waals surface area contributed by atoms with Crippen LogP contribution >= 0.6 is 0 Å². The zero-order valence-corrected chi connectivity index (χ0v) is 16.1. The van der Waals surface area contributed by atoms with Crippen molar-refractivity contribution in [1.82, 2.24) is 14.8 Å². The summed E-state index contributed by atoms with van der Waals surface area (Å²) in [6.45, 7) is 8.69. The number of likely N-dealkylation sites (tertiary alicyclic amines) is 1. The van der Waals surface area contributed by atoms with E-state index >= 15 is 0 Å². The second kappa shape index (κ2) is 7.53. The molecule has 3 fully saturated rings. The molecule has 0 bridgehead atoms. The predicted molar refractivity (Wildman–Crippen MR) is 101 cm³/mol. The highest BCUT2D eigenvalue weighted by atomic mass is 19.1. The molecule has 144 valence electrons. The highest BCUT2D eigenvalue weighted by molar-refractivity contribution is 5.09. The van der Waals surface area contributed by atoms with E-state index in [9.17, 15) is 4.39 Å². The number of nitrogens with zero attached hydrogens (tertiary/aromatic N) is 3. The average molecular weight is 362 g/mol. The number of aromatic nitrogens is 1. The molecule has 0 N–H and O–H groups in total. The van der Waals surface area contributed by atoms with E-state index < -0.39 is 0 Å². The maximum Gasteiger partial charge on any atom is 0.144 e. The normalized spacial score (nSPS) is 25.0. The van der Waals surface area contributed by atoms with Crippen molar-refractivity contribution in [2.75, 3.05) is 39.3 Å². The summed E-state index contributed by atoms with van der Waals surface area (Å²) in [6, 6.07) is 3.16. The molecule has 2 aliphatic heterocycles. The second-order valence-corrected chi connectivity index (χ2v) is 8.56. The minimum absolute atomic E-state index is 0.0508. The molecule has 5 heteroatoms. The number of halogens is 1. The van der Waals surface area contributed by atoms with Gasteiger partial charge in [-0.3, -0.25) is 9.88 Å². The minimum Gasteiger partial charge on any atom is -0.366 e. The summed E-state index contributed by atoms with van der Waals surface area (Å²) in [7, 11) is 0. The first kappa shape index (κ1) is 18.3. The van der Waals surface area contributed by atoms with Gasteiger partial charge in [-0.15, -0.1) is 0 Å². The van der Waals surface area contributed by atoms with E-state index in [-0.39, 0.29) is 17.0 Å². The summed E-state index contributed by atoms with van der Waals surface area (Å²) < 4.78 is 20.5. The van der Waals surface area contributed by atoms with Crippen molar-refractivity contribution in [3.05, 3.63) is 29.8 Å². The van der Waals surface area contributed by atoms with Crippen LogP contribution in [0, 0.1) is 5.82 Å². The van der Waals surface area contributed by atoms with Crippen LogP contribution in [0.1, 0.15) is 51.1 Å². The lowest BCUT2D eigenvalue weighted by Gasteiger charge is -2.50. The molecule has 3 heterocycles. The summed E-state index contributed by atoms with van der Waals surface area (Å²) in [6.07, 6.45) is 9.58.